The maximum Gasteiger partial charge on any atom is 0.417 e. The van der Waals surface area contributed by atoms with Crippen molar-refractivity contribution in [3.05, 3.63) is 33.8 Å². The average Bonchev–Trinajstić information content (AvgIpc) is 2.13. The monoisotopic (exact) mass is 323 g/mol. The van der Waals surface area contributed by atoms with E-state index in [1.807, 2.05) is 0 Å². The van der Waals surface area contributed by atoms with Gasteiger partial charge in [-0.05, 0) is 39.0 Å². The predicted molar refractivity (Wildman–Crippen MR) is 66.4 cm³/mol. The largest absolute Gasteiger partial charge is 0.417 e. The molecular weight excluding hydrogens is 311 g/mol. The van der Waals surface area contributed by atoms with Gasteiger partial charge in [0.25, 0.3) is 5.91 Å². The van der Waals surface area contributed by atoms with E-state index in [0.717, 1.165) is 6.07 Å². The molecule has 0 heterocycles. The fourth-order valence-electron chi connectivity index (χ4n) is 1.30. The Hall–Kier alpha value is -1.04. The number of amides is 1. The van der Waals surface area contributed by atoms with Crippen LogP contribution in [0.5, 0.6) is 0 Å². The highest BCUT2D eigenvalue weighted by atomic mass is 79.9. The molecule has 0 spiro atoms. The highest BCUT2D eigenvalue weighted by molar-refractivity contribution is 9.10. The van der Waals surface area contributed by atoms with Gasteiger partial charge < -0.3 is 5.32 Å². The van der Waals surface area contributed by atoms with Crippen LogP contribution in [0.15, 0.2) is 22.7 Å². The lowest BCUT2D eigenvalue weighted by Crippen LogP contribution is -2.40. The minimum atomic E-state index is -4.49. The van der Waals surface area contributed by atoms with Gasteiger partial charge in [-0.2, -0.15) is 13.2 Å². The molecule has 0 aliphatic rings. The lowest BCUT2D eigenvalue weighted by atomic mass is 10.1. The van der Waals surface area contributed by atoms with Crippen molar-refractivity contribution in [2.24, 2.45) is 0 Å². The molecule has 2 nitrogen and oxygen atoms in total. The first-order valence-corrected chi connectivity index (χ1v) is 5.99. The van der Waals surface area contributed by atoms with Crippen LogP contribution in [0.2, 0.25) is 0 Å². The molecule has 0 saturated heterocycles. The SMILES string of the molecule is CC(C)(C)NC(=O)c1ccc(Br)c(C(F)(F)F)c1. The third-order valence-electron chi connectivity index (χ3n) is 2.02. The first kappa shape index (κ1) is 15.0. The second-order valence-electron chi connectivity index (χ2n) is 4.90. The molecule has 0 aromatic heterocycles. The zero-order valence-corrected chi connectivity index (χ0v) is 11.7. The van der Waals surface area contributed by atoms with Crippen molar-refractivity contribution in [1.29, 1.82) is 0 Å². The van der Waals surface area contributed by atoms with Gasteiger partial charge in [0.1, 0.15) is 0 Å². The van der Waals surface area contributed by atoms with Crippen molar-refractivity contribution in [3.63, 3.8) is 0 Å². The smallest absolute Gasteiger partial charge is 0.347 e. The third-order valence-corrected chi connectivity index (χ3v) is 2.71. The van der Waals surface area contributed by atoms with Crippen LogP contribution in [0, 0.1) is 0 Å². The summed E-state index contributed by atoms with van der Waals surface area (Å²) in [4.78, 5) is 11.8. The molecule has 0 bridgehead atoms. The van der Waals surface area contributed by atoms with Gasteiger partial charge in [-0.15, -0.1) is 0 Å². The Labute approximate surface area is 112 Å². The molecule has 6 heteroatoms. The number of alkyl halides is 3. The topological polar surface area (TPSA) is 29.1 Å². The van der Waals surface area contributed by atoms with E-state index in [2.05, 4.69) is 21.2 Å². The molecule has 1 aromatic rings. The van der Waals surface area contributed by atoms with Crippen LogP contribution < -0.4 is 5.32 Å². The predicted octanol–water partition coefficient (Wildman–Crippen LogP) is 4.00. The first-order chi connectivity index (χ1) is 8.00. The van der Waals surface area contributed by atoms with Gasteiger partial charge in [0.05, 0.1) is 5.56 Å². The number of hydrogen-bond donors (Lipinski definition) is 1. The molecule has 0 saturated carbocycles. The molecule has 1 amide bonds. The summed E-state index contributed by atoms with van der Waals surface area (Å²) in [5, 5.41) is 2.61. The van der Waals surface area contributed by atoms with Gasteiger partial charge >= 0.3 is 6.18 Å². The van der Waals surface area contributed by atoms with Crippen LogP contribution in [0.25, 0.3) is 0 Å². The van der Waals surface area contributed by atoms with Gasteiger partial charge in [-0.25, -0.2) is 0 Å². The highest BCUT2D eigenvalue weighted by Crippen LogP contribution is 2.35. The summed E-state index contributed by atoms with van der Waals surface area (Å²) < 4.78 is 37.9. The second kappa shape index (κ2) is 4.91. The molecule has 18 heavy (non-hydrogen) atoms. The van der Waals surface area contributed by atoms with E-state index in [1.54, 1.807) is 20.8 Å². The van der Waals surface area contributed by atoms with E-state index in [9.17, 15) is 18.0 Å². The second-order valence-corrected chi connectivity index (χ2v) is 5.75. The van der Waals surface area contributed by atoms with Crippen LogP contribution in [0.1, 0.15) is 36.7 Å². The molecular formula is C12H13BrF3NO. The average molecular weight is 324 g/mol. The van der Waals surface area contributed by atoms with Crippen LogP contribution in [-0.4, -0.2) is 11.4 Å². The Balaban J connectivity index is 3.10. The number of halogens is 4. The van der Waals surface area contributed by atoms with E-state index in [4.69, 9.17) is 0 Å². The summed E-state index contributed by atoms with van der Waals surface area (Å²) in [7, 11) is 0. The molecule has 0 fully saturated rings. The molecule has 0 aliphatic carbocycles. The van der Waals surface area contributed by atoms with E-state index >= 15 is 0 Å². The summed E-state index contributed by atoms with van der Waals surface area (Å²) >= 11 is 2.83. The Morgan fingerprint density at radius 3 is 2.22 bits per heavy atom. The molecule has 0 radical (unpaired) electrons. The van der Waals surface area contributed by atoms with Crippen LogP contribution in [-0.2, 0) is 6.18 Å². The van der Waals surface area contributed by atoms with E-state index in [0.29, 0.717) is 0 Å². The number of benzene rings is 1. The van der Waals surface area contributed by atoms with Crippen molar-refractivity contribution >= 4 is 21.8 Å². The fraction of sp³-hybridized carbons (Fsp3) is 0.417. The van der Waals surface area contributed by atoms with Gasteiger partial charge in [0.15, 0.2) is 0 Å². The first-order valence-electron chi connectivity index (χ1n) is 5.20. The normalized spacial score (nSPS) is 12.4. The molecule has 1 rings (SSSR count). The van der Waals surface area contributed by atoms with Crippen LogP contribution in [0.3, 0.4) is 0 Å². The van der Waals surface area contributed by atoms with Gasteiger partial charge in [0.2, 0.25) is 0 Å². The maximum absolute atomic E-state index is 12.7. The Bertz CT molecular complexity index is 463. The molecule has 0 unspecified atom stereocenters. The summed E-state index contributed by atoms with van der Waals surface area (Å²) in [6.07, 6.45) is -4.49. The lowest BCUT2D eigenvalue weighted by molar-refractivity contribution is -0.138. The van der Waals surface area contributed by atoms with Crippen LogP contribution in [0.4, 0.5) is 13.2 Å². The number of carbonyl (C=O) groups is 1. The zero-order chi connectivity index (χ0) is 14.1. The molecule has 0 aliphatic heterocycles. The van der Waals surface area contributed by atoms with E-state index in [1.165, 1.54) is 12.1 Å². The lowest BCUT2D eigenvalue weighted by Gasteiger charge is -2.21. The number of nitrogens with one attached hydrogen (secondary N) is 1. The van der Waals surface area contributed by atoms with Crippen molar-refractivity contribution < 1.29 is 18.0 Å². The Kier molecular flexibility index (Phi) is 4.10. The molecule has 0 atom stereocenters. The van der Waals surface area contributed by atoms with Crippen molar-refractivity contribution in [1.82, 2.24) is 5.32 Å². The summed E-state index contributed by atoms with van der Waals surface area (Å²) in [6.45, 7) is 5.28. The van der Waals surface area contributed by atoms with Gasteiger partial charge in [0, 0.05) is 15.6 Å². The van der Waals surface area contributed by atoms with Crippen LogP contribution >= 0.6 is 15.9 Å². The van der Waals surface area contributed by atoms with Crippen molar-refractivity contribution in [2.75, 3.05) is 0 Å². The standard InChI is InChI=1S/C12H13BrF3NO/c1-11(2,3)17-10(18)7-4-5-9(13)8(6-7)12(14,15)16/h4-6H,1-3H3,(H,17,18). The molecule has 1 aromatic carbocycles. The minimum Gasteiger partial charge on any atom is -0.347 e. The summed E-state index contributed by atoms with van der Waals surface area (Å²) in [5.41, 5.74) is -1.37. The minimum absolute atomic E-state index is 0.0135. The maximum atomic E-state index is 12.7. The summed E-state index contributed by atoms with van der Waals surface area (Å²) in [6, 6.07) is 3.41. The Morgan fingerprint density at radius 1 is 1.22 bits per heavy atom. The zero-order valence-electron chi connectivity index (χ0n) is 10.2. The molecule has 100 valence electrons. The van der Waals surface area contributed by atoms with Crippen molar-refractivity contribution in [3.8, 4) is 0 Å². The fourth-order valence-corrected chi connectivity index (χ4v) is 1.77. The third kappa shape index (κ3) is 4.01. The van der Waals surface area contributed by atoms with E-state index in [-0.39, 0.29) is 10.0 Å². The highest BCUT2D eigenvalue weighted by Gasteiger charge is 2.33. The van der Waals surface area contributed by atoms with E-state index < -0.39 is 23.2 Å². The van der Waals surface area contributed by atoms with Crippen molar-refractivity contribution in [2.45, 2.75) is 32.5 Å². The quantitative estimate of drug-likeness (QED) is 0.831. The molecule has 1 N–H and O–H groups in total. The number of hydrogen-bond acceptors (Lipinski definition) is 1. The number of rotatable bonds is 1. The Morgan fingerprint density at radius 2 is 1.78 bits per heavy atom. The van der Waals surface area contributed by atoms with Gasteiger partial charge in [-0.1, -0.05) is 15.9 Å². The number of carbonyl (C=O) groups excluding carboxylic acids is 1. The summed E-state index contributed by atoms with van der Waals surface area (Å²) in [5.74, 6) is -0.527. The van der Waals surface area contributed by atoms with Gasteiger partial charge in [-0.3, -0.25) is 4.79 Å².